The van der Waals surface area contributed by atoms with E-state index >= 15 is 0 Å². The summed E-state index contributed by atoms with van der Waals surface area (Å²) in [6.45, 7) is 2.73. The van der Waals surface area contributed by atoms with Gasteiger partial charge < -0.3 is 15.4 Å². The third kappa shape index (κ3) is 4.96. The lowest BCUT2D eigenvalue weighted by Gasteiger charge is -2.36. The molecule has 1 heterocycles. The summed E-state index contributed by atoms with van der Waals surface area (Å²) >= 11 is 3.96. The summed E-state index contributed by atoms with van der Waals surface area (Å²) in [5.41, 5.74) is 0. The summed E-state index contributed by atoms with van der Waals surface area (Å²) in [4.78, 5) is 4.40. The number of nitrogens with zero attached hydrogens (tertiary/aromatic N) is 1. The standard InChI is InChI=1S/C15H29N3OS2/c1-16-14(18-12-4-5-13(10-12)20-2)17-11-15(21-3)6-8-19-9-7-15/h12-13H,4-11H2,1-3H3,(H2,16,17,18). The van der Waals surface area contributed by atoms with Crippen LogP contribution in [0.25, 0.3) is 0 Å². The second-order valence-electron chi connectivity index (χ2n) is 5.94. The Morgan fingerprint density at radius 3 is 2.62 bits per heavy atom. The predicted octanol–water partition coefficient (Wildman–Crippen LogP) is 2.35. The number of rotatable bonds is 5. The summed E-state index contributed by atoms with van der Waals surface area (Å²) in [7, 11) is 1.87. The molecule has 0 amide bonds. The number of hydrogen-bond acceptors (Lipinski definition) is 4. The molecule has 6 heteroatoms. The molecule has 0 aromatic heterocycles. The van der Waals surface area contributed by atoms with E-state index < -0.39 is 0 Å². The second kappa shape index (κ2) is 8.53. The molecule has 2 rings (SSSR count). The van der Waals surface area contributed by atoms with Crippen molar-refractivity contribution in [3.63, 3.8) is 0 Å². The van der Waals surface area contributed by atoms with Crippen LogP contribution < -0.4 is 10.6 Å². The Kier molecular flexibility index (Phi) is 7.02. The minimum Gasteiger partial charge on any atom is -0.381 e. The van der Waals surface area contributed by atoms with Crippen LogP contribution in [0.2, 0.25) is 0 Å². The molecule has 122 valence electrons. The van der Waals surface area contributed by atoms with E-state index in [2.05, 4.69) is 28.1 Å². The van der Waals surface area contributed by atoms with Gasteiger partial charge in [-0.2, -0.15) is 23.5 Å². The zero-order valence-corrected chi connectivity index (χ0v) is 15.1. The van der Waals surface area contributed by atoms with Gasteiger partial charge in [-0.1, -0.05) is 0 Å². The van der Waals surface area contributed by atoms with E-state index in [1.54, 1.807) is 0 Å². The average Bonchev–Trinajstić information content (AvgIpc) is 3.00. The van der Waals surface area contributed by atoms with E-state index in [4.69, 9.17) is 4.74 Å². The molecule has 1 saturated carbocycles. The van der Waals surface area contributed by atoms with Crippen molar-refractivity contribution in [2.75, 3.05) is 39.3 Å². The fourth-order valence-electron chi connectivity index (χ4n) is 3.11. The van der Waals surface area contributed by atoms with Gasteiger partial charge >= 0.3 is 0 Å². The fraction of sp³-hybridized carbons (Fsp3) is 0.933. The van der Waals surface area contributed by atoms with Crippen molar-refractivity contribution in [3.05, 3.63) is 0 Å². The van der Waals surface area contributed by atoms with Gasteiger partial charge in [-0.05, 0) is 44.6 Å². The van der Waals surface area contributed by atoms with Gasteiger partial charge in [0.25, 0.3) is 0 Å². The number of ether oxygens (including phenoxy) is 1. The van der Waals surface area contributed by atoms with Crippen molar-refractivity contribution in [2.45, 2.75) is 48.1 Å². The van der Waals surface area contributed by atoms with Crippen molar-refractivity contribution in [1.29, 1.82) is 0 Å². The Morgan fingerprint density at radius 1 is 1.29 bits per heavy atom. The zero-order chi connectivity index (χ0) is 15.1. The first-order valence-electron chi connectivity index (χ1n) is 7.84. The van der Waals surface area contributed by atoms with Gasteiger partial charge in [0.1, 0.15) is 0 Å². The molecule has 0 aromatic rings. The molecule has 2 atom stereocenters. The second-order valence-corrected chi connectivity index (χ2v) is 8.35. The maximum absolute atomic E-state index is 5.50. The van der Waals surface area contributed by atoms with Gasteiger partial charge in [-0.3, -0.25) is 4.99 Å². The Balaban J connectivity index is 1.79. The van der Waals surface area contributed by atoms with E-state index in [1.165, 1.54) is 19.3 Å². The van der Waals surface area contributed by atoms with Crippen LogP contribution in [0.15, 0.2) is 4.99 Å². The monoisotopic (exact) mass is 331 g/mol. The van der Waals surface area contributed by atoms with Crippen LogP contribution in [0.1, 0.15) is 32.1 Å². The predicted molar refractivity (Wildman–Crippen MR) is 95.7 cm³/mol. The molecule has 0 spiro atoms. The molecule has 1 saturated heterocycles. The first-order chi connectivity index (χ1) is 10.2. The summed E-state index contributed by atoms with van der Waals surface area (Å²) in [6.07, 6.45) is 10.5. The fourth-order valence-corrected chi connectivity index (χ4v) is 4.70. The minimum atomic E-state index is 0.299. The summed E-state index contributed by atoms with van der Waals surface area (Å²) in [5, 5.41) is 7.96. The maximum Gasteiger partial charge on any atom is 0.191 e. The lowest BCUT2D eigenvalue weighted by molar-refractivity contribution is 0.0782. The van der Waals surface area contributed by atoms with Crippen LogP contribution in [0.3, 0.4) is 0 Å². The molecule has 2 aliphatic rings. The van der Waals surface area contributed by atoms with Crippen LogP contribution >= 0.6 is 23.5 Å². The molecule has 0 aromatic carbocycles. The Bertz CT molecular complexity index is 346. The first kappa shape index (κ1) is 17.3. The molecule has 2 fully saturated rings. The number of nitrogens with one attached hydrogen (secondary N) is 2. The van der Waals surface area contributed by atoms with Gasteiger partial charge in [0.2, 0.25) is 0 Å². The van der Waals surface area contributed by atoms with Crippen molar-refractivity contribution in [1.82, 2.24) is 10.6 Å². The number of guanidine groups is 1. The van der Waals surface area contributed by atoms with Crippen LogP contribution in [-0.4, -0.2) is 61.3 Å². The highest BCUT2D eigenvalue weighted by Crippen LogP contribution is 2.33. The summed E-state index contributed by atoms with van der Waals surface area (Å²) < 4.78 is 5.80. The van der Waals surface area contributed by atoms with Crippen LogP contribution in [0.4, 0.5) is 0 Å². The van der Waals surface area contributed by atoms with E-state index in [9.17, 15) is 0 Å². The summed E-state index contributed by atoms with van der Waals surface area (Å²) in [6, 6.07) is 0.577. The van der Waals surface area contributed by atoms with E-state index in [0.29, 0.717) is 10.8 Å². The summed E-state index contributed by atoms with van der Waals surface area (Å²) in [5.74, 6) is 0.960. The molecule has 0 bridgehead atoms. The third-order valence-corrected chi connectivity index (χ3v) is 7.21. The van der Waals surface area contributed by atoms with E-state index in [1.807, 2.05) is 30.6 Å². The Morgan fingerprint density at radius 2 is 2.05 bits per heavy atom. The Labute approximate surface area is 137 Å². The van der Waals surface area contributed by atoms with E-state index in [0.717, 1.165) is 43.8 Å². The highest BCUT2D eigenvalue weighted by Gasteiger charge is 2.32. The van der Waals surface area contributed by atoms with Crippen molar-refractivity contribution >= 4 is 29.5 Å². The van der Waals surface area contributed by atoms with Crippen LogP contribution in [0.5, 0.6) is 0 Å². The molecule has 21 heavy (non-hydrogen) atoms. The molecule has 2 N–H and O–H groups in total. The largest absolute Gasteiger partial charge is 0.381 e. The van der Waals surface area contributed by atoms with Crippen molar-refractivity contribution in [2.24, 2.45) is 4.99 Å². The molecule has 4 nitrogen and oxygen atoms in total. The highest BCUT2D eigenvalue weighted by atomic mass is 32.2. The minimum absolute atomic E-state index is 0.299. The van der Waals surface area contributed by atoms with Gasteiger partial charge in [0, 0.05) is 42.8 Å². The average molecular weight is 332 g/mol. The normalized spacial score (nSPS) is 29.4. The van der Waals surface area contributed by atoms with Crippen LogP contribution in [-0.2, 0) is 4.74 Å². The topological polar surface area (TPSA) is 45.7 Å². The molecule has 2 unspecified atom stereocenters. The SMILES string of the molecule is CN=C(NCC1(SC)CCOCC1)NC1CCC(SC)C1. The Hall–Kier alpha value is -0.0700. The number of thioether (sulfide) groups is 2. The third-order valence-electron chi connectivity index (χ3n) is 4.70. The molecule has 1 aliphatic carbocycles. The smallest absolute Gasteiger partial charge is 0.191 e. The van der Waals surface area contributed by atoms with Crippen molar-refractivity contribution in [3.8, 4) is 0 Å². The van der Waals surface area contributed by atoms with E-state index in [-0.39, 0.29) is 0 Å². The quantitative estimate of drug-likeness (QED) is 0.598. The van der Waals surface area contributed by atoms with Gasteiger partial charge in [-0.15, -0.1) is 0 Å². The lowest BCUT2D eigenvalue weighted by Crippen LogP contribution is -2.49. The molecular formula is C15H29N3OS2. The zero-order valence-electron chi connectivity index (χ0n) is 13.5. The molecule has 0 radical (unpaired) electrons. The first-order valence-corrected chi connectivity index (χ1v) is 10.4. The van der Waals surface area contributed by atoms with Gasteiger partial charge in [0.05, 0.1) is 0 Å². The molecule has 1 aliphatic heterocycles. The highest BCUT2D eigenvalue weighted by molar-refractivity contribution is 8.00. The lowest BCUT2D eigenvalue weighted by atomic mass is 9.99. The number of aliphatic imine (C=N–C) groups is 1. The van der Waals surface area contributed by atoms with Gasteiger partial charge in [0.15, 0.2) is 5.96 Å². The van der Waals surface area contributed by atoms with Gasteiger partial charge in [-0.25, -0.2) is 0 Å². The molecular weight excluding hydrogens is 302 g/mol. The van der Waals surface area contributed by atoms with Crippen molar-refractivity contribution < 1.29 is 4.74 Å². The maximum atomic E-state index is 5.50. The van der Waals surface area contributed by atoms with Crippen LogP contribution in [0, 0.1) is 0 Å². The number of hydrogen-bond donors (Lipinski definition) is 2.